The summed E-state index contributed by atoms with van der Waals surface area (Å²) in [4.78, 5) is 16.3. The molecule has 0 aromatic rings. The normalized spacial score (nSPS) is 39.9. The Labute approximate surface area is 81.9 Å². The van der Waals surface area contributed by atoms with Gasteiger partial charge in [-0.1, -0.05) is 0 Å². The third-order valence-corrected chi connectivity index (χ3v) is 3.40. The lowest BCUT2D eigenvalue weighted by atomic mass is 9.80. The number of nitrogens with zero attached hydrogens (tertiary/aromatic N) is 2. The van der Waals surface area contributed by atoms with Crippen molar-refractivity contribution >= 4 is 6.21 Å². The van der Waals surface area contributed by atoms with E-state index in [4.69, 9.17) is 0 Å². The number of nitroso groups, excluding NO2 is 1. The van der Waals surface area contributed by atoms with Crippen LogP contribution in [0.2, 0.25) is 0 Å². The molecule has 14 heavy (non-hydrogen) atoms. The first-order chi connectivity index (χ1) is 6.84. The van der Waals surface area contributed by atoms with Gasteiger partial charge in [0.15, 0.2) is 0 Å². The topological polar surface area (TPSA) is 56.5 Å². The third-order valence-electron chi connectivity index (χ3n) is 3.40. The average molecular weight is 193 g/mol. The molecule has 3 heterocycles. The maximum atomic E-state index is 11.9. The lowest BCUT2D eigenvalue weighted by Gasteiger charge is -2.33. The van der Waals surface area contributed by atoms with Gasteiger partial charge in [0.25, 0.3) is 12.2 Å². The summed E-state index contributed by atoms with van der Waals surface area (Å²) in [6, 6.07) is 0.0729. The number of nitrogens with one attached hydrogen (secondary N) is 2. The van der Waals surface area contributed by atoms with Crippen LogP contribution in [-0.4, -0.2) is 42.3 Å². The van der Waals surface area contributed by atoms with Gasteiger partial charge >= 0.3 is 0 Å². The highest BCUT2D eigenvalue weighted by Crippen LogP contribution is 2.36. The smallest absolute Gasteiger partial charge is 0.276 e. The van der Waals surface area contributed by atoms with E-state index in [1.165, 1.54) is 0 Å². The molecule has 2 fully saturated rings. The van der Waals surface area contributed by atoms with Gasteiger partial charge in [-0.3, -0.25) is 4.99 Å². The van der Waals surface area contributed by atoms with Gasteiger partial charge in [0, 0.05) is 35.4 Å². The van der Waals surface area contributed by atoms with Crippen LogP contribution in [0, 0.1) is 4.91 Å². The quantitative estimate of drug-likeness (QED) is 0.505. The first-order valence-corrected chi connectivity index (χ1v) is 4.97. The molecule has 2 unspecified atom stereocenters. The van der Waals surface area contributed by atoms with Gasteiger partial charge in [0.05, 0.1) is 5.70 Å². The Hall–Kier alpha value is -1.23. The summed E-state index contributed by atoms with van der Waals surface area (Å²) in [5, 5.41) is 6.43. The van der Waals surface area contributed by atoms with Gasteiger partial charge in [-0.05, 0) is 6.08 Å². The van der Waals surface area contributed by atoms with Gasteiger partial charge in [0.2, 0.25) is 0 Å². The maximum Gasteiger partial charge on any atom is 0.276 e. The number of hydrogen-bond acceptors (Lipinski definition) is 4. The Kier molecular flexibility index (Phi) is 1.53. The molecule has 0 aromatic heterocycles. The van der Waals surface area contributed by atoms with E-state index in [1.807, 2.05) is 6.08 Å². The Morgan fingerprint density at radius 3 is 3.50 bits per heavy atom. The number of rotatable bonds is 0. The van der Waals surface area contributed by atoms with Crippen molar-refractivity contribution in [1.29, 1.82) is 0 Å². The number of dihydropyridines is 1. The molecule has 2 atom stereocenters. The van der Waals surface area contributed by atoms with E-state index in [9.17, 15) is 4.91 Å². The molecule has 74 valence electrons. The Morgan fingerprint density at radius 1 is 1.64 bits per heavy atom. The molecule has 2 N–H and O–H groups in total. The van der Waals surface area contributed by atoms with E-state index >= 15 is 0 Å². The highest BCUT2D eigenvalue weighted by Gasteiger charge is 2.61. The van der Waals surface area contributed by atoms with Crippen LogP contribution in [0.15, 0.2) is 16.8 Å². The highest BCUT2D eigenvalue weighted by molar-refractivity contribution is 5.75. The molecule has 0 radical (unpaired) electrons. The number of allylic oxidation sites excluding steroid dienone is 1. The molecular formula is C9H13N4O+. The fourth-order valence-corrected chi connectivity index (χ4v) is 2.64. The first-order valence-electron chi connectivity index (χ1n) is 4.97. The van der Waals surface area contributed by atoms with Crippen LogP contribution in [0.3, 0.4) is 0 Å². The molecular weight excluding hydrogens is 180 g/mol. The lowest BCUT2D eigenvalue weighted by Crippen LogP contribution is -2.58. The van der Waals surface area contributed by atoms with E-state index in [-0.39, 0.29) is 11.6 Å². The molecule has 3 aliphatic rings. The number of aliphatic imine (C=N–C) groups is 1. The van der Waals surface area contributed by atoms with Crippen molar-refractivity contribution in [3.8, 4) is 0 Å². The van der Waals surface area contributed by atoms with Crippen LogP contribution in [-0.2, 0) is 0 Å². The van der Waals surface area contributed by atoms with Crippen LogP contribution in [0.1, 0.15) is 6.42 Å². The molecule has 1 spiro atoms. The van der Waals surface area contributed by atoms with Gasteiger partial charge in [-0.15, -0.1) is 0 Å². The Morgan fingerprint density at radius 2 is 2.57 bits per heavy atom. The van der Waals surface area contributed by atoms with Gasteiger partial charge in [-0.2, -0.15) is 0 Å². The van der Waals surface area contributed by atoms with Crippen molar-refractivity contribution < 1.29 is 4.76 Å². The van der Waals surface area contributed by atoms with E-state index in [0.29, 0.717) is 6.67 Å². The fourth-order valence-electron chi connectivity index (χ4n) is 2.64. The van der Waals surface area contributed by atoms with Crippen molar-refractivity contribution in [1.82, 2.24) is 10.6 Å². The summed E-state index contributed by atoms with van der Waals surface area (Å²) in [6.07, 6.45) is 4.58. The van der Waals surface area contributed by atoms with Crippen LogP contribution in [0.4, 0.5) is 0 Å². The van der Waals surface area contributed by atoms with Crippen LogP contribution in [0.5, 0.6) is 0 Å². The van der Waals surface area contributed by atoms with Crippen molar-refractivity contribution in [2.75, 3.05) is 19.8 Å². The van der Waals surface area contributed by atoms with Crippen molar-refractivity contribution in [3.05, 3.63) is 16.7 Å². The zero-order valence-electron chi connectivity index (χ0n) is 7.86. The van der Waals surface area contributed by atoms with E-state index < -0.39 is 0 Å². The summed E-state index contributed by atoms with van der Waals surface area (Å²) in [5.74, 6) is 0. The molecule has 0 amide bonds. The SMILES string of the molecule is O=[N+]1CNC2=CC=NC3CNCCC231. The predicted molar refractivity (Wildman–Crippen MR) is 52.2 cm³/mol. The number of piperidine rings is 1. The second-order valence-corrected chi connectivity index (χ2v) is 3.99. The standard InChI is InChI=1S/C9H13N4O/c14-13-6-12-7-1-3-11-8-5-10-4-2-9(7,8)13/h1,3,8,10,12H,2,4-6H2/q+1. The summed E-state index contributed by atoms with van der Waals surface area (Å²) < 4.78 is 1.15. The molecule has 0 saturated carbocycles. The molecule has 3 rings (SSSR count). The summed E-state index contributed by atoms with van der Waals surface area (Å²) in [6.45, 7) is 2.09. The van der Waals surface area contributed by atoms with Crippen LogP contribution in [0.25, 0.3) is 0 Å². The van der Waals surface area contributed by atoms with Gasteiger partial charge in [-0.25, -0.2) is 0 Å². The fraction of sp³-hybridized carbons (Fsp3) is 0.667. The molecule has 0 bridgehead atoms. The van der Waals surface area contributed by atoms with E-state index in [2.05, 4.69) is 15.6 Å². The summed E-state index contributed by atoms with van der Waals surface area (Å²) in [7, 11) is 0. The second-order valence-electron chi connectivity index (χ2n) is 3.99. The van der Waals surface area contributed by atoms with E-state index in [1.54, 1.807) is 6.21 Å². The van der Waals surface area contributed by atoms with Crippen molar-refractivity contribution in [2.24, 2.45) is 4.99 Å². The summed E-state index contributed by atoms with van der Waals surface area (Å²) >= 11 is 0. The van der Waals surface area contributed by atoms with Crippen molar-refractivity contribution in [3.63, 3.8) is 0 Å². The molecule has 2 saturated heterocycles. The molecule has 5 nitrogen and oxygen atoms in total. The lowest BCUT2D eigenvalue weighted by molar-refractivity contribution is -0.606. The molecule has 0 aromatic carbocycles. The molecule has 3 aliphatic heterocycles. The van der Waals surface area contributed by atoms with Crippen LogP contribution >= 0.6 is 0 Å². The summed E-state index contributed by atoms with van der Waals surface area (Å²) in [5.41, 5.74) is 0.661. The minimum atomic E-state index is -0.389. The second kappa shape index (κ2) is 2.63. The zero-order chi connectivity index (χ0) is 9.60. The molecule has 5 heteroatoms. The van der Waals surface area contributed by atoms with Gasteiger partial charge in [0.1, 0.15) is 6.04 Å². The number of hydrogen-bond donors (Lipinski definition) is 2. The third kappa shape index (κ3) is 0.803. The minimum Gasteiger partial charge on any atom is -0.325 e. The highest BCUT2D eigenvalue weighted by atomic mass is 16.3. The van der Waals surface area contributed by atoms with E-state index in [0.717, 1.165) is 30.0 Å². The van der Waals surface area contributed by atoms with Crippen molar-refractivity contribution in [2.45, 2.75) is 18.0 Å². The zero-order valence-corrected chi connectivity index (χ0v) is 7.86. The van der Waals surface area contributed by atoms with Crippen LogP contribution < -0.4 is 10.6 Å². The maximum absolute atomic E-state index is 11.9. The predicted octanol–water partition coefficient (Wildman–Crippen LogP) is -0.605. The van der Waals surface area contributed by atoms with Gasteiger partial charge < -0.3 is 10.6 Å². The first kappa shape index (κ1) is 8.11. The Bertz CT molecular complexity index is 349. The minimum absolute atomic E-state index is 0.0729. The molecule has 0 aliphatic carbocycles. The average Bonchev–Trinajstić information content (AvgIpc) is 2.55. The largest absolute Gasteiger partial charge is 0.325 e. The monoisotopic (exact) mass is 193 g/mol. The Balaban J connectivity index is 2.10.